The standard InChI is InChI=1S/C31H47NO7/c1-4-14-32(15-5-2)18-27(35)39-22-6-11-29(20-33)24-7-10-28(3)23(21-16-26(34)38-19-21)9-13-31(28,37)25(24)8-12-30(29,36)17-22/h16,20,22-25,36-37H,4-15,17-19H2,1-3H3/t22-,23+,24-,25+,28+,29-,30-,31?/m0/s1. The van der Waals surface area contributed by atoms with Gasteiger partial charge in [0.25, 0.3) is 0 Å². The molecule has 0 bridgehead atoms. The molecule has 1 heterocycles. The summed E-state index contributed by atoms with van der Waals surface area (Å²) in [4.78, 5) is 39.7. The zero-order valence-electron chi connectivity index (χ0n) is 24.0. The lowest BCUT2D eigenvalue weighted by molar-refractivity contribution is -0.249. The number of hydrogen-bond acceptors (Lipinski definition) is 8. The molecule has 0 saturated heterocycles. The SMILES string of the molecule is CCCN(CCC)CC(=O)O[C@H]1CC[C@]2(C=O)[C@H]3CC[C@]4(C)[C@@H](C5=CC(=O)OC5)CCC4(O)[C@@H]3CC[C@]2(O)C1. The van der Waals surface area contributed by atoms with Gasteiger partial charge in [0.05, 0.1) is 23.2 Å². The van der Waals surface area contributed by atoms with Crippen LogP contribution in [0.1, 0.15) is 91.4 Å². The van der Waals surface area contributed by atoms with E-state index in [0.29, 0.717) is 38.7 Å². The van der Waals surface area contributed by atoms with E-state index in [-0.39, 0.29) is 42.7 Å². The number of cyclic esters (lactones) is 1. The summed E-state index contributed by atoms with van der Waals surface area (Å²) in [6, 6.07) is 0. The Morgan fingerprint density at radius 2 is 1.79 bits per heavy atom. The van der Waals surface area contributed by atoms with Crippen molar-refractivity contribution in [3.63, 3.8) is 0 Å². The van der Waals surface area contributed by atoms with E-state index < -0.39 is 28.1 Å². The summed E-state index contributed by atoms with van der Waals surface area (Å²) >= 11 is 0. The van der Waals surface area contributed by atoms with Crippen molar-refractivity contribution in [1.82, 2.24) is 4.90 Å². The first-order chi connectivity index (χ1) is 18.6. The number of rotatable bonds is 9. The van der Waals surface area contributed by atoms with Gasteiger partial charge in [0.2, 0.25) is 0 Å². The number of carbonyl (C=O) groups excluding carboxylic acids is 3. The van der Waals surface area contributed by atoms with Crippen LogP contribution in [0.15, 0.2) is 11.6 Å². The van der Waals surface area contributed by atoms with E-state index in [9.17, 15) is 24.6 Å². The van der Waals surface area contributed by atoms with Crippen molar-refractivity contribution < 1.29 is 34.1 Å². The summed E-state index contributed by atoms with van der Waals surface area (Å²) in [5.41, 5.74) is -2.58. The number of esters is 2. The number of carbonyl (C=O) groups is 3. The number of ether oxygens (including phenoxy) is 2. The molecule has 0 aromatic rings. The molecule has 8 nitrogen and oxygen atoms in total. The van der Waals surface area contributed by atoms with E-state index in [2.05, 4.69) is 25.7 Å². The summed E-state index contributed by atoms with van der Waals surface area (Å²) < 4.78 is 11.1. The summed E-state index contributed by atoms with van der Waals surface area (Å²) in [5, 5.41) is 24.4. The zero-order valence-corrected chi connectivity index (χ0v) is 24.0. The van der Waals surface area contributed by atoms with Gasteiger partial charge in [0, 0.05) is 17.9 Å². The highest BCUT2D eigenvalue weighted by Crippen LogP contribution is 2.70. The van der Waals surface area contributed by atoms with E-state index in [1.54, 1.807) is 6.08 Å². The smallest absolute Gasteiger partial charge is 0.331 e. The van der Waals surface area contributed by atoms with Gasteiger partial charge in [-0.2, -0.15) is 0 Å². The summed E-state index contributed by atoms with van der Waals surface area (Å²) in [7, 11) is 0. The van der Waals surface area contributed by atoms with E-state index in [1.165, 1.54) is 0 Å². The van der Waals surface area contributed by atoms with Gasteiger partial charge in [0.1, 0.15) is 19.0 Å². The van der Waals surface area contributed by atoms with Crippen LogP contribution in [-0.2, 0) is 23.9 Å². The molecule has 5 aliphatic rings. The lowest BCUT2D eigenvalue weighted by Gasteiger charge is -2.65. The fourth-order valence-corrected chi connectivity index (χ4v) is 9.73. The maximum atomic E-state index is 13.0. The van der Waals surface area contributed by atoms with Crippen LogP contribution in [0, 0.1) is 28.6 Å². The Morgan fingerprint density at radius 1 is 1.08 bits per heavy atom. The maximum Gasteiger partial charge on any atom is 0.331 e. The minimum Gasteiger partial charge on any atom is -0.461 e. The van der Waals surface area contributed by atoms with Gasteiger partial charge in [-0.15, -0.1) is 0 Å². The molecular weight excluding hydrogens is 498 g/mol. The Labute approximate surface area is 232 Å². The zero-order chi connectivity index (χ0) is 28.1. The van der Waals surface area contributed by atoms with Gasteiger partial charge < -0.3 is 24.5 Å². The fraction of sp³-hybridized carbons (Fsp3) is 0.839. The molecule has 8 atom stereocenters. The number of hydrogen-bond donors (Lipinski definition) is 2. The molecule has 5 rings (SSSR count). The third-order valence-corrected chi connectivity index (χ3v) is 11.6. The highest BCUT2D eigenvalue weighted by Gasteiger charge is 2.71. The molecule has 218 valence electrons. The van der Waals surface area contributed by atoms with Crippen molar-refractivity contribution in [2.75, 3.05) is 26.2 Å². The van der Waals surface area contributed by atoms with Crippen molar-refractivity contribution >= 4 is 18.2 Å². The molecule has 1 unspecified atom stereocenters. The number of fused-ring (bicyclic) bond motifs is 5. The van der Waals surface area contributed by atoms with E-state index in [0.717, 1.165) is 57.1 Å². The van der Waals surface area contributed by atoms with Crippen LogP contribution in [0.2, 0.25) is 0 Å². The monoisotopic (exact) mass is 545 g/mol. The lowest BCUT2D eigenvalue weighted by atomic mass is 9.41. The summed E-state index contributed by atoms with van der Waals surface area (Å²) in [5.74, 6) is -0.705. The van der Waals surface area contributed by atoms with Crippen LogP contribution in [0.5, 0.6) is 0 Å². The second-order valence-electron chi connectivity index (χ2n) is 13.4. The van der Waals surface area contributed by atoms with Gasteiger partial charge in [-0.25, -0.2) is 4.79 Å². The molecule has 4 aliphatic carbocycles. The van der Waals surface area contributed by atoms with Gasteiger partial charge >= 0.3 is 11.9 Å². The Balaban J connectivity index is 1.32. The molecule has 39 heavy (non-hydrogen) atoms. The molecule has 0 spiro atoms. The highest BCUT2D eigenvalue weighted by molar-refractivity contribution is 5.85. The Hall–Kier alpha value is -1.77. The quantitative estimate of drug-likeness (QED) is 0.334. The number of aldehydes is 1. The van der Waals surface area contributed by atoms with Gasteiger partial charge in [-0.1, -0.05) is 20.8 Å². The fourth-order valence-electron chi connectivity index (χ4n) is 9.73. The van der Waals surface area contributed by atoms with Crippen molar-refractivity contribution in [1.29, 1.82) is 0 Å². The maximum absolute atomic E-state index is 13.0. The second-order valence-corrected chi connectivity index (χ2v) is 13.4. The summed E-state index contributed by atoms with van der Waals surface area (Å²) in [6.07, 6.45) is 9.33. The molecule has 0 aromatic heterocycles. The molecule has 0 amide bonds. The van der Waals surface area contributed by atoms with Crippen molar-refractivity contribution in [3.8, 4) is 0 Å². The minimum absolute atomic E-state index is 0.0815. The third-order valence-electron chi connectivity index (χ3n) is 11.6. The van der Waals surface area contributed by atoms with Crippen LogP contribution >= 0.6 is 0 Å². The van der Waals surface area contributed by atoms with Crippen LogP contribution in [0.25, 0.3) is 0 Å². The second kappa shape index (κ2) is 10.6. The van der Waals surface area contributed by atoms with E-state index in [4.69, 9.17) is 9.47 Å². The normalized spacial score (nSPS) is 43.2. The number of nitrogens with zero attached hydrogens (tertiary/aromatic N) is 1. The highest BCUT2D eigenvalue weighted by atomic mass is 16.5. The first kappa shape index (κ1) is 28.7. The van der Waals surface area contributed by atoms with Gasteiger partial charge in [-0.3, -0.25) is 9.69 Å². The van der Waals surface area contributed by atoms with Gasteiger partial charge in [0.15, 0.2) is 0 Å². The van der Waals surface area contributed by atoms with Crippen LogP contribution < -0.4 is 0 Å². The van der Waals surface area contributed by atoms with Crippen molar-refractivity contribution in [2.24, 2.45) is 28.6 Å². The third kappa shape index (κ3) is 4.49. The first-order valence-corrected chi connectivity index (χ1v) is 15.3. The van der Waals surface area contributed by atoms with Crippen molar-refractivity contribution in [2.45, 2.75) is 109 Å². The Morgan fingerprint density at radius 3 is 2.44 bits per heavy atom. The average Bonchev–Trinajstić information content (AvgIpc) is 3.43. The Bertz CT molecular complexity index is 1010. The summed E-state index contributed by atoms with van der Waals surface area (Å²) in [6.45, 7) is 8.58. The molecule has 8 heteroatoms. The molecule has 0 aromatic carbocycles. The molecule has 1 aliphatic heterocycles. The van der Waals surface area contributed by atoms with Crippen LogP contribution in [0.4, 0.5) is 0 Å². The predicted molar refractivity (Wildman–Crippen MR) is 144 cm³/mol. The van der Waals surface area contributed by atoms with Crippen LogP contribution in [-0.4, -0.2) is 76.9 Å². The number of aliphatic hydroxyl groups is 2. The first-order valence-electron chi connectivity index (χ1n) is 15.3. The average molecular weight is 546 g/mol. The lowest BCUT2D eigenvalue weighted by Crippen LogP contribution is -2.69. The van der Waals surface area contributed by atoms with Crippen LogP contribution in [0.3, 0.4) is 0 Å². The molecular formula is C31H47NO7. The molecule has 4 saturated carbocycles. The predicted octanol–water partition coefficient (Wildman–Crippen LogP) is 3.57. The topological polar surface area (TPSA) is 113 Å². The minimum atomic E-state index is -1.25. The van der Waals surface area contributed by atoms with Crippen molar-refractivity contribution in [3.05, 3.63) is 11.6 Å². The van der Waals surface area contributed by atoms with E-state index in [1.807, 2.05) is 0 Å². The van der Waals surface area contributed by atoms with E-state index >= 15 is 0 Å². The van der Waals surface area contributed by atoms with Gasteiger partial charge in [-0.05, 0) is 101 Å². The Kier molecular flexibility index (Phi) is 7.79. The molecule has 4 fully saturated rings. The molecule has 0 radical (unpaired) electrons. The molecule has 2 N–H and O–H groups in total. The largest absolute Gasteiger partial charge is 0.461 e.